The van der Waals surface area contributed by atoms with Crippen molar-refractivity contribution in [3.05, 3.63) is 52.0 Å². The van der Waals surface area contributed by atoms with Gasteiger partial charge in [-0.05, 0) is 51.5 Å². The first-order valence-electron chi connectivity index (χ1n) is 16.6. The second-order valence-corrected chi connectivity index (χ2v) is 14.9. The second-order valence-electron chi connectivity index (χ2n) is 14.0. The molecule has 0 fully saturated rings. The normalized spacial score (nSPS) is 15.2. The lowest BCUT2D eigenvalue weighted by molar-refractivity contribution is -0.130. The third-order valence-corrected chi connectivity index (χ3v) is 9.18. The maximum Gasteiger partial charge on any atom is 0.318 e. The summed E-state index contributed by atoms with van der Waals surface area (Å²) < 4.78 is 0. The molecular formula is C35H58N6O4S. The number of aliphatic hydroxyl groups is 1. The van der Waals surface area contributed by atoms with Crippen LogP contribution in [0.3, 0.4) is 0 Å². The maximum absolute atomic E-state index is 13.8. The fourth-order valence-electron chi connectivity index (χ4n) is 5.25. The zero-order valence-corrected chi connectivity index (χ0v) is 30.4. The smallest absolute Gasteiger partial charge is 0.318 e. The molecule has 4 atom stereocenters. The van der Waals surface area contributed by atoms with Gasteiger partial charge in [-0.3, -0.25) is 9.59 Å². The van der Waals surface area contributed by atoms with E-state index in [9.17, 15) is 19.5 Å². The molecule has 2 aromatic rings. The molecule has 11 heteroatoms. The minimum atomic E-state index is -1.01. The topological polar surface area (TPSA) is 136 Å². The molecule has 10 nitrogen and oxygen atoms in total. The van der Waals surface area contributed by atoms with Crippen molar-refractivity contribution in [2.24, 2.45) is 5.92 Å². The maximum atomic E-state index is 13.8. The number of aromatic nitrogens is 1. The van der Waals surface area contributed by atoms with E-state index in [0.29, 0.717) is 31.7 Å². The number of hydrogen-bond donors (Lipinski definition) is 5. The third kappa shape index (κ3) is 12.0. The van der Waals surface area contributed by atoms with Crippen LogP contribution in [-0.2, 0) is 22.6 Å². The number of aliphatic hydroxyl groups excluding tert-OH is 1. The van der Waals surface area contributed by atoms with E-state index >= 15 is 0 Å². The Hall–Kier alpha value is -3.02. The number of carbonyl (C=O) groups excluding carboxylic acids is 3. The zero-order chi connectivity index (χ0) is 34.7. The molecule has 0 aliphatic carbocycles. The van der Waals surface area contributed by atoms with Crippen LogP contribution in [0.25, 0.3) is 0 Å². The molecule has 0 bridgehead atoms. The van der Waals surface area contributed by atoms with E-state index in [-0.39, 0.29) is 30.3 Å². The van der Waals surface area contributed by atoms with Gasteiger partial charge in [-0.25, -0.2) is 9.78 Å². The van der Waals surface area contributed by atoms with Crippen LogP contribution in [0.5, 0.6) is 0 Å². The van der Waals surface area contributed by atoms with Crippen LogP contribution >= 0.6 is 11.3 Å². The molecule has 1 heterocycles. The van der Waals surface area contributed by atoms with Gasteiger partial charge in [0.05, 0.1) is 34.9 Å². The highest BCUT2D eigenvalue weighted by Gasteiger charge is 2.38. The molecule has 0 aliphatic heterocycles. The van der Waals surface area contributed by atoms with Gasteiger partial charge in [0.2, 0.25) is 11.8 Å². The Morgan fingerprint density at radius 1 is 1.02 bits per heavy atom. The Balaban J connectivity index is 2.22. The highest BCUT2D eigenvalue weighted by Crippen LogP contribution is 2.21. The first-order valence-corrected chi connectivity index (χ1v) is 17.5. The number of hydrogen-bond acceptors (Lipinski definition) is 7. The van der Waals surface area contributed by atoms with Crippen molar-refractivity contribution in [1.82, 2.24) is 31.2 Å². The van der Waals surface area contributed by atoms with E-state index in [0.717, 1.165) is 22.7 Å². The largest absolute Gasteiger partial charge is 0.390 e. The average molecular weight is 659 g/mol. The van der Waals surface area contributed by atoms with Gasteiger partial charge in [0, 0.05) is 30.4 Å². The Morgan fingerprint density at radius 3 is 2.20 bits per heavy atom. The summed E-state index contributed by atoms with van der Waals surface area (Å²) in [5.41, 5.74) is 0.479. The number of rotatable bonds is 17. The van der Waals surface area contributed by atoms with Crippen LogP contribution in [0.2, 0.25) is 0 Å². The summed E-state index contributed by atoms with van der Waals surface area (Å²) in [6.07, 6.45) is 1.28. The Labute approximate surface area is 280 Å². The second kappa shape index (κ2) is 17.8. The zero-order valence-electron chi connectivity index (χ0n) is 29.6. The van der Waals surface area contributed by atoms with Crippen molar-refractivity contribution in [2.45, 2.75) is 130 Å². The van der Waals surface area contributed by atoms with E-state index in [1.807, 2.05) is 84.2 Å². The van der Waals surface area contributed by atoms with Gasteiger partial charge >= 0.3 is 6.03 Å². The van der Waals surface area contributed by atoms with Crippen LogP contribution in [0.15, 0.2) is 35.7 Å². The standard InChI is InChI=1S/C35H58N6O4S/c1-11-18-35(12-2,32(44)40-34(7,8)9)36-20-28(42)27(19-25-16-14-13-15-17-25)38-30(43)29(23(3)4)39-33(45)41(10)21-26-22-46-31(37-26)24(5)6/h13-17,22-24,27-29,36,42H,11-12,18-21H2,1-10H3,(H,38,43)(H,39,45)(H,40,44)/t27-,28+,29-,35?/m0/s1. The molecular weight excluding hydrogens is 600 g/mol. The number of β-amino-alcohol motifs (C(OH)–C–C–N with tert-alkyl or cyclic N) is 1. The van der Waals surface area contributed by atoms with E-state index < -0.39 is 29.3 Å². The monoisotopic (exact) mass is 658 g/mol. The summed E-state index contributed by atoms with van der Waals surface area (Å²) in [7, 11) is 1.68. The lowest BCUT2D eigenvalue weighted by Gasteiger charge is -2.37. The van der Waals surface area contributed by atoms with Crippen LogP contribution in [0, 0.1) is 5.92 Å². The minimum absolute atomic E-state index is 0.0939. The number of nitrogens with one attached hydrogen (secondary N) is 4. The van der Waals surface area contributed by atoms with Crippen molar-refractivity contribution in [2.75, 3.05) is 13.6 Å². The molecule has 0 saturated carbocycles. The number of nitrogens with zero attached hydrogens (tertiary/aromatic N) is 2. The summed E-state index contributed by atoms with van der Waals surface area (Å²) in [5, 5.41) is 26.9. The van der Waals surface area contributed by atoms with Gasteiger partial charge in [-0.15, -0.1) is 11.3 Å². The van der Waals surface area contributed by atoms with Gasteiger partial charge in [-0.2, -0.15) is 0 Å². The van der Waals surface area contributed by atoms with Crippen molar-refractivity contribution in [1.29, 1.82) is 0 Å². The summed E-state index contributed by atoms with van der Waals surface area (Å²) in [5.74, 6) is -0.389. The number of benzene rings is 1. The molecule has 1 aromatic heterocycles. The molecule has 258 valence electrons. The molecule has 0 spiro atoms. The van der Waals surface area contributed by atoms with Crippen LogP contribution in [0.4, 0.5) is 4.79 Å². The molecule has 0 radical (unpaired) electrons. The van der Waals surface area contributed by atoms with Crippen molar-refractivity contribution in [3.63, 3.8) is 0 Å². The first kappa shape index (κ1) is 39.2. The minimum Gasteiger partial charge on any atom is -0.390 e. The number of amides is 4. The fourth-order valence-corrected chi connectivity index (χ4v) is 6.08. The summed E-state index contributed by atoms with van der Waals surface area (Å²) >= 11 is 1.57. The van der Waals surface area contributed by atoms with Gasteiger partial charge in [0.25, 0.3) is 0 Å². The lowest BCUT2D eigenvalue weighted by Crippen LogP contribution is -2.63. The number of carbonyl (C=O) groups is 3. The van der Waals surface area contributed by atoms with Crippen LogP contribution < -0.4 is 21.3 Å². The van der Waals surface area contributed by atoms with Gasteiger partial charge in [-0.1, -0.05) is 78.3 Å². The molecule has 4 amide bonds. The Kier molecular flexibility index (Phi) is 15.1. The van der Waals surface area contributed by atoms with Crippen molar-refractivity contribution < 1.29 is 19.5 Å². The molecule has 0 aliphatic rings. The van der Waals surface area contributed by atoms with Crippen LogP contribution in [-0.4, -0.2) is 75.7 Å². The van der Waals surface area contributed by atoms with E-state index in [4.69, 9.17) is 0 Å². The lowest BCUT2D eigenvalue weighted by atomic mass is 9.87. The highest BCUT2D eigenvalue weighted by molar-refractivity contribution is 7.09. The van der Waals surface area contributed by atoms with Crippen molar-refractivity contribution in [3.8, 4) is 0 Å². The Bertz CT molecular complexity index is 1250. The quantitative estimate of drug-likeness (QED) is 0.163. The molecule has 2 rings (SSSR count). The molecule has 46 heavy (non-hydrogen) atoms. The van der Waals surface area contributed by atoms with Gasteiger partial charge < -0.3 is 31.3 Å². The highest BCUT2D eigenvalue weighted by atomic mass is 32.1. The molecule has 0 saturated heterocycles. The SMILES string of the molecule is CCCC(CC)(NC[C@@H](O)[C@H](Cc1ccccc1)NC(=O)[C@@H](NC(=O)N(C)Cc1csc(C(C)C)n1)C(C)C)C(=O)NC(C)(C)C. The Morgan fingerprint density at radius 2 is 1.67 bits per heavy atom. The van der Waals surface area contributed by atoms with E-state index in [1.54, 1.807) is 18.4 Å². The predicted molar refractivity (Wildman–Crippen MR) is 187 cm³/mol. The first-order chi connectivity index (χ1) is 21.5. The summed E-state index contributed by atoms with van der Waals surface area (Å²) in [4.78, 5) is 46.5. The molecule has 1 aromatic carbocycles. The van der Waals surface area contributed by atoms with Crippen molar-refractivity contribution >= 4 is 29.2 Å². The summed E-state index contributed by atoms with van der Waals surface area (Å²) in [6.45, 7) is 18.2. The average Bonchev–Trinajstić information content (AvgIpc) is 3.45. The van der Waals surface area contributed by atoms with E-state index in [1.165, 1.54) is 4.90 Å². The fraction of sp³-hybridized carbons (Fsp3) is 0.657. The number of urea groups is 1. The predicted octanol–water partition coefficient (Wildman–Crippen LogP) is 4.97. The van der Waals surface area contributed by atoms with Gasteiger partial charge in [0.1, 0.15) is 6.04 Å². The number of thiazole rings is 1. The van der Waals surface area contributed by atoms with Crippen LogP contribution in [0.1, 0.15) is 104 Å². The summed E-state index contributed by atoms with van der Waals surface area (Å²) in [6, 6.07) is 7.75. The third-order valence-electron chi connectivity index (χ3n) is 7.98. The molecule has 5 N–H and O–H groups in total. The van der Waals surface area contributed by atoms with Gasteiger partial charge in [0.15, 0.2) is 0 Å². The van der Waals surface area contributed by atoms with E-state index in [2.05, 4.69) is 40.1 Å². The molecule has 1 unspecified atom stereocenters.